The quantitative estimate of drug-likeness (QED) is 0.510. The van der Waals surface area contributed by atoms with E-state index in [1.54, 1.807) is 11.9 Å². The molecule has 2 N–H and O–H groups in total. The average molecular weight is 146 g/mol. The molecule has 1 saturated heterocycles. The number of rotatable bonds is 0. The standard InChI is InChI=1S/C7H15FN2/c1-5-3-6(9)4-7(8)10(5)2/h5-7H,3-4,9H2,1-2H3/t5-,6+,7-/m0/s1. The van der Waals surface area contributed by atoms with Gasteiger partial charge in [0.05, 0.1) is 0 Å². The van der Waals surface area contributed by atoms with Gasteiger partial charge in [0.25, 0.3) is 0 Å². The molecule has 10 heavy (non-hydrogen) atoms. The molecule has 0 radical (unpaired) electrons. The first-order chi connectivity index (χ1) is 4.61. The Kier molecular flexibility index (Phi) is 2.26. The molecule has 3 atom stereocenters. The Morgan fingerprint density at radius 3 is 2.60 bits per heavy atom. The van der Waals surface area contributed by atoms with Gasteiger partial charge < -0.3 is 5.73 Å². The fourth-order valence-corrected chi connectivity index (χ4v) is 1.39. The summed E-state index contributed by atoms with van der Waals surface area (Å²) in [5.74, 6) is 0. The van der Waals surface area contributed by atoms with Gasteiger partial charge in [-0.25, -0.2) is 4.39 Å². The molecule has 1 rings (SSSR count). The summed E-state index contributed by atoms with van der Waals surface area (Å²) in [5.41, 5.74) is 5.61. The highest BCUT2D eigenvalue weighted by atomic mass is 19.1. The molecular formula is C7H15FN2. The number of hydrogen-bond acceptors (Lipinski definition) is 2. The van der Waals surface area contributed by atoms with Gasteiger partial charge in [-0.3, -0.25) is 4.90 Å². The second kappa shape index (κ2) is 2.84. The van der Waals surface area contributed by atoms with Crippen LogP contribution in [-0.4, -0.2) is 30.3 Å². The Labute approximate surface area is 61.2 Å². The minimum Gasteiger partial charge on any atom is -0.327 e. The van der Waals surface area contributed by atoms with Gasteiger partial charge in [-0.15, -0.1) is 0 Å². The molecule has 0 unspecified atom stereocenters. The molecule has 0 spiro atoms. The van der Waals surface area contributed by atoms with Crippen LogP contribution >= 0.6 is 0 Å². The highest BCUT2D eigenvalue weighted by Gasteiger charge is 2.28. The summed E-state index contributed by atoms with van der Waals surface area (Å²) >= 11 is 0. The lowest BCUT2D eigenvalue weighted by molar-refractivity contribution is 0.0239. The van der Waals surface area contributed by atoms with Crippen LogP contribution in [0.3, 0.4) is 0 Å². The topological polar surface area (TPSA) is 29.3 Å². The number of nitrogens with two attached hydrogens (primary N) is 1. The fourth-order valence-electron chi connectivity index (χ4n) is 1.39. The highest BCUT2D eigenvalue weighted by Crippen LogP contribution is 2.20. The van der Waals surface area contributed by atoms with Gasteiger partial charge in [-0.05, 0) is 20.4 Å². The zero-order valence-electron chi connectivity index (χ0n) is 6.55. The molecule has 0 saturated carbocycles. The van der Waals surface area contributed by atoms with Crippen LogP contribution in [0, 0.1) is 0 Å². The van der Waals surface area contributed by atoms with Crippen LogP contribution in [0.5, 0.6) is 0 Å². The van der Waals surface area contributed by atoms with Crippen molar-refractivity contribution in [1.82, 2.24) is 4.90 Å². The molecule has 0 amide bonds. The Bertz CT molecular complexity index is 106. The molecule has 0 aliphatic carbocycles. The highest BCUT2D eigenvalue weighted by molar-refractivity contribution is 4.81. The summed E-state index contributed by atoms with van der Waals surface area (Å²) in [6.07, 6.45) is 0.566. The van der Waals surface area contributed by atoms with Crippen LogP contribution in [0.2, 0.25) is 0 Å². The molecule has 0 bridgehead atoms. The maximum Gasteiger partial charge on any atom is 0.155 e. The van der Waals surface area contributed by atoms with E-state index >= 15 is 0 Å². The first-order valence-corrected chi connectivity index (χ1v) is 3.73. The summed E-state index contributed by atoms with van der Waals surface area (Å²) < 4.78 is 12.9. The van der Waals surface area contributed by atoms with E-state index in [0.29, 0.717) is 12.5 Å². The zero-order chi connectivity index (χ0) is 7.72. The zero-order valence-corrected chi connectivity index (χ0v) is 6.55. The molecule has 0 aromatic rings. The lowest BCUT2D eigenvalue weighted by atomic mass is 9.99. The van der Waals surface area contributed by atoms with Gasteiger partial charge >= 0.3 is 0 Å². The molecule has 1 fully saturated rings. The number of alkyl halides is 1. The van der Waals surface area contributed by atoms with E-state index in [1.165, 1.54) is 0 Å². The smallest absolute Gasteiger partial charge is 0.155 e. The molecular weight excluding hydrogens is 131 g/mol. The largest absolute Gasteiger partial charge is 0.327 e. The molecule has 0 aromatic heterocycles. The van der Waals surface area contributed by atoms with Crippen LogP contribution in [0.25, 0.3) is 0 Å². The summed E-state index contributed by atoms with van der Waals surface area (Å²) in [4.78, 5) is 1.74. The molecule has 1 aliphatic heterocycles. The second-order valence-electron chi connectivity index (χ2n) is 3.18. The summed E-state index contributed by atoms with van der Waals surface area (Å²) in [6.45, 7) is 2.01. The van der Waals surface area contributed by atoms with E-state index in [4.69, 9.17) is 5.73 Å². The molecule has 60 valence electrons. The van der Waals surface area contributed by atoms with Crippen molar-refractivity contribution >= 4 is 0 Å². The third-order valence-electron chi connectivity index (χ3n) is 2.28. The van der Waals surface area contributed by atoms with Crippen molar-refractivity contribution in [1.29, 1.82) is 0 Å². The van der Waals surface area contributed by atoms with Crippen molar-refractivity contribution in [3.8, 4) is 0 Å². The molecule has 0 aromatic carbocycles. The third kappa shape index (κ3) is 1.47. The summed E-state index contributed by atoms with van der Waals surface area (Å²) in [5, 5.41) is 0. The van der Waals surface area contributed by atoms with Gasteiger partial charge in [0.15, 0.2) is 6.30 Å². The van der Waals surface area contributed by atoms with Gasteiger partial charge in [0, 0.05) is 18.5 Å². The summed E-state index contributed by atoms with van der Waals surface area (Å²) in [6, 6.07) is 0.347. The number of piperidine rings is 1. The first-order valence-electron chi connectivity index (χ1n) is 3.73. The minimum atomic E-state index is -0.834. The van der Waals surface area contributed by atoms with E-state index in [2.05, 4.69) is 0 Å². The van der Waals surface area contributed by atoms with Crippen molar-refractivity contribution in [3.63, 3.8) is 0 Å². The van der Waals surface area contributed by atoms with E-state index in [0.717, 1.165) is 6.42 Å². The minimum absolute atomic E-state index is 0.0567. The Balaban J connectivity index is 2.49. The predicted octanol–water partition coefficient (Wildman–Crippen LogP) is 0.723. The monoisotopic (exact) mass is 146 g/mol. The Hall–Kier alpha value is -0.150. The predicted molar refractivity (Wildman–Crippen MR) is 39.3 cm³/mol. The molecule has 1 aliphatic rings. The third-order valence-corrected chi connectivity index (χ3v) is 2.28. The van der Waals surface area contributed by atoms with Crippen LogP contribution in [0.1, 0.15) is 19.8 Å². The van der Waals surface area contributed by atoms with Gasteiger partial charge in [-0.1, -0.05) is 0 Å². The SMILES string of the molecule is C[C@H]1C[C@@H](N)C[C@@H](F)N1C. The maximum absolute atomic E-state index is 12.9. The normalized spacial score (nSPS) is 43.8. The van der Waals surface area contributed by atoms with Crippen LogP contribution < -0.4 is 5.73 Å². The van der Waals surface area contributed by atoms with Gasteiger partial charge in [-0.2, -0.15) is 0 Å². The van der Waals surface area contributed by atoms with Crippen LogP contribution in [0.4, 0.5) is 4.39 Å². The van der Waals surface area contributed by atoms with Crippen molar-refractivity contribution < 1.29 is 4.39 Å². The van der Waals surface area contributed by atoms with Gasteiger partial charge in [0.2, 0.25) is 0 Å². The number of halogens is 1. The average Bonchev–Trinajstić information content (AvgIpc) is 1.82. The lowest BCUT2D eigenvalue weighted by Crippen LogP contribution is -2.47. The maximum atomic E-state index is 12.9. The molecule has 3 heteroatoms. The van der Waals surface area contributed by atoms with Crippen molar-refractivity contribution in [2.24, 2.45) is 5.73 Å². The Morgan fingerprint density at radius 2 is 2.10 bits per heavy atom. The first kappa shape index (κ1) is 7.95. The van der Waals surface area contributed by atoms with Crippen molar-refractivity contribution in [2.75, 3.05) is 7.05 Å². The molecule has 2 nitrogen and oxygen atoms in total. The second-order valence-corrected chi connectivity index (χ2v) is 3.18. The molecule has 1 heterocycles. The number of likely N-dealkylation sites (tertiary alicyclic amines) is 1. The number of nitrogens with zero attached hydrogens (tertiary/aromatic N) is 1. The van der Waals surface area contributed by atoms with E-state index in [1.807, 2.05) is 6.92 Å². The number of hydrogen-bond donors (Lipinski definition) is 1. The fraction of sp³-hybridized carbons (Fsp3) is 1.00. The van der Waals surface area contributed by atoms with Gasteiger partial charge in [0.1, 0.15) is 0 Å². The van der Waals surface area contributed by atoms with E-state index < -0.39 is 6.30 Å². The summed E-state index contributed by atoms with van der Waals surface area (Å²) in [7, 11) is 1.81. The van der Waals surface area contributed by atoms with Crippen LogP contribution in [0.15, 0.2) is 0 Å². The van der Waals surface area contributed by atoms with Crippen molar-refractivity contribution in [3.05, 3.63) is 0 Å². The van der Waals surface area contributed by atoms with Crippen molar-refractivity contribution in [2.45, 2.75) is 38.1 Å². The lowest BCUT2D eigenvalue weighted by Gasteiger charge is -2.36. The Morgan fingerprint density at radius 1 is 1.50 bits per heavy atom. The van der Waals surface area contributed by atoms with E-state index in [-0.39, 0.29) is 6.04 Å². The van der Waals surface area contributed by atoms with Crippen LogP contribution in [-0.2, 0) is 0 Å². The van der Waals surface area contributed by atoms with E-state index in [9.17, 15) is 4.39 Å².